The lowest BCUT2D eigenvalue weighted by Crippen LogP contribution is -2.17. The van der Waals surface area contributed by atoms with Crippen molar-refractivity contribution in [3.8, 4) is 0 Å². The van der Waals surface area contributed by atoms with E-state index in [1.165, 1.54) is 17.8 Å². The number of aromatic nitrogens is 2. The maximum atomic E-state index is 13.5. The van der Waals surface area contributed by atoms with Gasteiger partial charge in [-0.3, -0.25) is 19.5 Å². The Hall–Kier alpha value is -2.49. The number of rotatable bonds is 4. The first kappa shape index (κ1) is 14.9. The van der Waals surface area contributed by atoms with Crippen LogP contribution in [0.3, 0.4) is 0 Å². The van der Waals surface area contributed by atoms with E-state index in [0.717, 1.165) is 18.2 Å². The molecule has 0 unspecified atom stereocenters. The van der Waals surface area contributed by atoms with E-state index >= 15 is 0 Å². The number of nitrogens with one attached hydrogen (secondary N) is 1. The topological polar surface area (TPSA) is 107 Å². The molecule has 2 rings (SSSR count). The van der Waals surface area contributed by atoms with Crippen molar-refractivity contribution in [1.29, 1.82) is 0 Å². The number of sulfonamides is 1. The number of anilines is 1. The van der Waals surface area contributed by atoms with Crippen molar-refractivity contribution in [3.63, 3.8) is 0 Å². The minimum atomic E-state index is -4.31. The van der Waals surface area contributed by atoms with E-state index in [2.05, 4.69) is 9.82 Å². The molecule has 0 aliphatic carbocycles. The summed E-state index contributed by atoms with van der Waals surface area (Å²) in [4.78, 5) is 9.05. The minimum absolute atomic E-state index is 0.117. The summed E-state index contributed by atoms with van der Waals surface area (Å²) < 4.78 is 41.3. The number of nitro benzene ring substituents is 1. The lowest BCUT2D eigenvalue weighted by Gasteiger charge is -2.08. The summed E-state index contributed by atoms with van der Waals surface area (Å²) in [7, 11) is -2.81. The molecule has 0 aliphatic heterocycles. The number of benzene rings is 1. The molecule has 0 amide bonds. The summed E-state index contributed by atoms with van der Waals surface area (Å²) in [6.45, 7) is 1.66. The lowest BCUT2D eigenvalue weighted by molar-refractivity contribution is -0.390. The normalized spacial score (nSPS) is 11.4. The molecule has 0 aliphatic rings. The highest BCUT2D eigenvalue weighted by Gasteiger charge is 2.30. The molecule has 0 atom stereocenters. The van der Waals surface area contributed by atoms with E-state index in [-0.39, 0.29) is 5.82 Å². The van der Waals surface area contributed by atoms with E-state index in [4.69, 9.17) is 0 Å². The number of aryl methyl sites for hydroxylation is 2. The second-order valence-corrected chi connectivity index (χ2v) is 5.89. The third kappa shape index (κ3) is 2.84. The van der Waals surface area contributed by atoms with Crippen molar-refractivity contribution in [3.05, 3.63) is 45.9 Å². The summed E-state index contributed by atoms with van der Waals surface area (Å²) in [6.07, 6.45) is 0. The zero-order valence-corrected chi connectivity index (χ0v) is 11.9. The van der Waals surface area contributed by atoms with Crippen LogP contribution in [0, 0.1) is 22.9 Å². The van der Waals surface area contributed by atoms with Crippen LogP contribution in [0.25, 0.3) is 0 Å². The molecule has 0 radical (unpaired) electrons. The van der Waals surface area contributed by atoms with Crippen molar-refractivity contribution >= 4 is 21.5 Å². The summed E-state index contributed by atoms with van der Waals surface area (Å²) in [5.41, 5.74) is -0.534. The Bertz CT molecular complexity index is 816. The van der Waals surface area contributed by atoms with E-state index in [1.54, 1.807) is 6.92 Å². The van der Waals surface area contributed by atoms with E-state index < -0.39 is 31.3 Å². The molecule has 1 heterocycles. The second kappa shape index (κ2) is 5.13. The van der Waals surface area contributed by atoms with Crippen LogP contribution >= 0.6 is 0 Å². The number of para-hydroxylation sites is 1. The molecule has 8 nitrogen and oxygen atoms in total. The average Bonchev–Trinajstić information content (AvgIpc) is 2.66. The maximum absolute atomic E-state index is 13.5. The first-order chi connectivity index (χ1) is 9.72. The number of hydrogen-bond acceptors (Lipinski definition) is 5. The predicted octanol–water partition coefficient (Wildman–Crippen LogP) is 1.58. The van der Waals surface area contributed by atoms with Crippen molar-refractivity contribution in [2.24, 2.45) is 7.05 Å². The molecule has 1 aromatic carbocycles. The van der Waals surface area contributed by atoms with Crippen LogP contribution < -0.4 is 4.72 Å². The van der Waals surface area contributed by atoms with Crippen LogP contribution in [-0.2, 0) is 17.1 Å². The van der Waals surface area contributed by atoms with Crippen molar-refractivity contribution in [1.82, 2.24) is 9.78 Å². The van der Waals surface area contributed by atoms with Crippen LogP contribution in [0.4, 0.5) is 15.9 Å². The molecule has 2 aromatic rings. The third-order valence-electron chi connectivity index (χ3n) is 2.66. The van der Waals surface area contributed by atoms with Crippen LogP contribution in [0.2, 0.25) is 0 Å². The van der Waals surface area contributed by atoms with Gasteiger partial charge in [0.25, 0.3) is 10.0 Å². The number of nitro groups is 1. The fourth-order valence-electron chi connectivity index (χ4n) is 1.79. The van der Waals surface area contributed by atoms with Gasteiger partial charge in [-0.2, -0.15) is 9.49 Å². The Morgan fingerprint density at radius 2 is 2.10 bits per heavy atom. The molecular formula is C11H11FN4O4S. The molecule has 0 fully saturated rings. The molecule has 10 heteroatoms. The maximum Gasteiger partial charge on any atom is 0.325 e. The highest BCUT2D eigenvalue weighted by Crippen LogP contribution is 2.28. The van der Waals surface area contributed by atoms with Gasteiger partial charge >= 0.3 is 5.69 Å². The van der Waals surface area contributed by atoms with Gasteiger partial charge in [0.1, 0.15) is 5.82 Å². The van der Waals surface area contributed by atoms with Crippen LogP contribution in [0.1, 0.15) is 5.69 Å². The molecule has 21 heavy (non-hydrogen) atoms. The van der Waals surface area contributed by atoms with Gasteiger partial charge in [-0.05, 0) is 19.1 Å². The number of halogens is 1. The van der Waals surface area contributed by atoms with Gasteiger partial charge in [-0.25, -0.2) is 8.42 Å². The first-order valence-electron chi connectivity index (χ1n) is 5.69. The first-order valence-corrected chi connectivity index (χ1v) is 7.17. The summed E-state index contributed by atoms with van der Waals surface area (Å²) in [5, 5.41) is 14.8. The van der Waals surface area contributed by atoms with Gasteiger partial charge in [0, 0.05) is 13.1 Å². The molecular weight excluding hydrogens is 303 g/mol. The summed E-state index contributed by atoms with van der Waals surface area (Å²) >= 11 is 0. The van der Waals surface area contributed by atoms with Crippen molar-refractivity contribution in [2.45, 2.75) is 11.8 Å². The highest BCUT2D eigenvalue weighted by molar-refractivity contribution is 7.92. The fraction of sp³-hybridized carbons (Fsp3) is 0.182. The van der Waals surface area contributed by atoms with Gasteiger partial charge < -0.3 is 0 Å². The Balaban J connectivity index is 2.53. The lowest BCUT2D eigenvalue weighted by atomic mass is 10.3. The summed E-state index contributed by atoms with van der Waals surface area (Å²) in [6, 6.07) is 4.33. The van der Waals surface area contributed by atoms with Gasteiger partial charge in [-0.15, -0.1) is 0 Å². The van der Waals surface area contributed by atoms with Crippen molar-refractivity contribution in [2.75, 3.05) is 4.72 Å². The van der Waals surface area contributed by atoms with E-state index in [0.29, 0.717) is 5.69 Å². The Labute approximate surface area is 119 Å². The molecule has 0 spiro atoms. The van der Waals surface area contributed by atoms with E-state index in [1.807, 2.05) is 0 Å². The Morgan fingerprint density at radius 3 is 2.62 bits per heavy atom. The van der Waals surface area contributed by atoms with Crippen LogP contribution in [0.5, 0.6) is 0 Å². The average molecular weight is 314 g/mol. The molecule has 0 saturated carbocycles. The van der Waals surface area contributed by atoms with Crippen LogP contribution in [0.15, 0.2) is 29.2 Å². The SMILES string of the molecule is Cc1cc(NS(=O)(=O)c2cccc(F)c2[N+](=O)[O-])n(C)n1. The Kier molecular flexibility index (Phi) is 3.64. The number of hydrogen-bond donors (Lipinski definition) is 1. The molecule has 112 valence electrons. The van der Waals surface area contributed by atoms with Crippen LogP contribution in [-0.4, -0.2) is 23.1 Å². The molecule has 1 N–H and O–H groups in total. The zero-order valence-electron chi connectivity index (χ0n) is 11.1. The molecule has 0 saturated heterocycles. The molecule has 0 bridgehead atoms. The standard InChI is InChI=1S/C11H11FN4O4S/c1-7-6-10(15(2)13-7)14-21(19,20)9-5-3-4-8(12)11(9)16(17)18/h3-6,14H,1-2H3. The van der Waals surface area contributed by atoms with Gasteiger partial charge in [0.15, 0.2) is 4.90 Å². The molecule has 1 aromatic heterocycles. The Morgan fingerprint density at radius 1 is 1.43 bits per heavy atom. The zero-order chi connectivity index (χ0) is 15.8. The quantitative estimate of drug-likeness (QED) is 0.681. The van der Waals surface area contributed by atoms with Crippen molar-refractivity contribution < 1.29 is 17.7 Å². The van der Waals surface area contributed by atoms with E-state index in [9.17, 15) is 22.9 Å². The minimum Gasteiger partial charge on any atom is -0.263 e. The van der Waals surface area contributed by atoms with Gasteiger partial charge in [0.2, 0.25) is 5.82 Å². The monoisotopic (exact) mass is 314 g/mol. The largest absolute Gasteiger partial charge is 0.325 e. The second-order valence-electron chi connectivity index (χ2n) is 4.24. The van der Waals surface area contributed by atoms with Gasteiger partial charge in [-0.1, -0.05) is 6.07 Å². The predicted molar refractivity (Wildman–Crippen MR) is 71.8 cm³/mol. The fourth-order valence-corrected chi connectivity index (χ4v) is 3.05. The third-order valence-corrected chi connectivity index (χ3v) is 4.05. The summed E-state index contributed by atoms with van der Waals surface area (Å²) in [5.74, 6) is -1.10. The van der Waals surface area contributed by atoms with Gasteiger partial charge in [0.05, 0.1) is 10.6 Å². The highest BCUT2D eigenvalue weighted by atomic mass is 32.2. The smallest absolute Gasteiger partial charge is 0.263 e. The number of nitrogens with zero attached hydrogens (tertiary/aromatic N) is 3.